The molecule has 8 heteroatoms. The number of anilines is 1. The summed E-state index contributed by atoms with van der Waals surface area (Å²) in [6, 6.07) is 7.59. The smallest absolute Gasteiger partial charge is 0.170 e. The van der Waals surface area contributed by atoms with Crippen molar-refractivity contribution in [2.75, 3.05) is 26.1 Å². The first-order valence-electron chi connectivity index (χ1n) is 7.35. The molecule has 0 aliphatic heterocycles. The Morgan fingerprint density at radius 2 is 1.84 bits per heavy atom. The molecule has 2 rings (SSSR count). The van der Waals surface area contributed by atoms with Gasteiger partial charge in [0.1, 0.15) is 5.82 Å². The van der Waals surface area contributed by atoms with Crippen molar-refractivity contribution in [3.05, 3.63) is 52.0 Å². The summed E-state index contributed by atoms with van der Waals surface area (Å²) in [6.45, 7) is 0.530. The van der Waals surface area contributed by atoms with E-state index in [0.29, 0.717) is 24.5 Å². The number of hydrogen-bond donors (Lipinski definition) is 2. The molecule has 0 aliphatic carbocycles. The van der Waals surface area contributed by atoms with Crippen LogP contribution < -0.4 is 20.1 Å². The molecule has 0 spiro atoms. The molecule has 0 atom stereocenters. The molecule has 0 fully saturated rings. The van der Waals surface area contributed by atoms with Gasteiger partial charge in [-0.2, -0.15) is 0 Å². The van der Waals surface area contributed by atoms with Gasteiger partial charge in [0, 0.05) is 17.1 Å². The van der Waals surface area contributed by atoms with Crippen LogP contribution in [0.1, 0.15) is 5.56 Å². The molecule has 25 heavy (non-hydrogen) atoms. The Balaban J connectivity index is 1.91. The third-order valence-electron chi connectivity index (χ3n) is 3.39. The van der Waals surface area contributed by atoms with Crippen molar-refractivity contribution in [3.63, 3.8) is 0 Å². The van der Waals surface area contributed by atoms with Gasteiger partial charge in [0.15, 0.2) is 22.4 Å². The highest BCUT2D eigenvalue weighted by molar-refractivity contribution is 9.10. The molecule has 0 aliphatic rings. The zero-order valence-electron chi connectivity index (χ0n) is 13.7. The van der Waals surface area contributed by atoms with Crippen molar-refractivity contribution in [2.45, 2.75) is 6.42 Å². The van der Waals surface area contributed by atoms with E-state index in [1.165, 1.54) is 0 Å². The summed E-state index contributed by atoms with van der Waals surface area (Å²) in [4.78, 5) is 0. The molecule has 2 aromatic carbocycles. The first kappa shape index (κ1) is 19.4. The predicted molar refractivity (Wildman–Crippen MR) is 102 cm³/mol. The van der Waals surface area contributed by atoms with Crippen LogP contribution in [-0.4, -0.2) is 25.9 Å². The molecule has 0 amide bonds. The quantitative estimate of drug-likeness (QED) is 0.669. The zero-order valence-corrected chi connectivity index (χ0v) is 16.1. The van der Waals surface area contributed by atoms with E-state index in [-0.39, 0.29) is 15.3 Å². The van der Waals surface area contributed by atoms with Crippen LogP contribution in [0.25, 0.3) is 0 Å². The van der Waals surface area contributed by atoms with E-state index in [4.69, 9.17) is 21.7 Å². The topological polar surface area (TPSA) is 42.5 Å². The van der Waals surface area contributed by atoms with Crippen molar-refractivity contribution in [2.24, 2.45) is 0 Å². The SMILES string of the molecule is COc1ccc(CCNC(=S)Nc2c(F)cc(F)cc2Br)cc1OC. The number of nitrogens with one attached hydrogen (secondary N) is 2. The second-order valence-corrected chi connectivity index (χ2v) is 6.33. The van der Waals surface area contributed by atoms with Gasteiger partial charge in [-0.15, -0.1) is 0 Å². The molecule has 0 saturated heterocycles. The highest BCUT2D eigenvalue weighted by Gasteiger charge is 2.11. The Labute approximate surface area is 158 Å². The largest absolute Gasteiger partial charge is 0.493 e. The van der Waals surface area contributed by atoms with Crippen LogP contribution in [0.15, 0.2) is 34.8 Å². The molecular formula is C17H17BrF2N2O2S. The van der Waals surface area contributed by atoms with Crippen LogP contribution in [0.3, 0.4) is 0 Å². The lowest BCUT2D eigenvalue weighted by molar-refractivity contribution is 0.354. The van der Waals surface area contributed by atoms with Gasteiger partial charge in [0.25, 0.3) is 0 Å². The number of hydrogen-bond acceptors (Lipinski definition) is 3. The second kappa shape index (κ2) is 8.96. The van der Waals surface area contributed by atoms with Crippen LogP contribution >= 0.6 is 28.1 Å². The normalized spacial score (nSPS) is 10.3. The minimum Gasteiger partial charge on any atom is -0.493 e. The van der Waals surface area contributed by atoms with E-state index < -0.39 is 11.6 Å². The van der Waals surface area contributed by atoms with Crippen LogP contribution in [0.2, 0.25) is 0 Å². The van der Waals surface area contributed by atoms with E-state index in [9.17, 15) is 8.78 Å². The van der Waals surface area contributed by atoms with E-state index in [1.807, 2.05) is 18.2 Å². The van der Waals surface area contributed by atoms with E-state index in [2.05, 4.69) is 26.6 Å². The zero-order chi connectivity index (χ0) is 18.4. The highest BCUT2D eigenvalue weighted by atomic mass is 79.9. The molecule has 0 bridgehead atoms. The Hall–Kier alpha value is -1.93. The first-order valence-corrected chi connectivity index (χ1v) is 8.55. The fourth-order valence-corrected chi connectivity index (χ4v) is 2.89. The lowest BCUT2D eigenvalue weighted by atomic mass is 10.1. The Kier molecular flexibility index (Phi) is 6.95. The molecular weight excluding hydrogens is 414 g/mol. The van der Waals surface area contributed by atoms with Gasteiger partial charge in [0.05, 0.1) is 19.9 Å². The van der Waals surface area contributed by atoms with Crippen molar-refractivity contribution < 1.29 is 18.3 Å². The lowest BCUT2D eigenvalue weighted by Gasteiger charge is -2.13. The maximum atomic E-state index is 13.8. The molecule has 2 N–H and O–H groups in total. The molecule has 0 unspecified atom stereocenters. The van der Waals surface area contributed by atoms with Crippen LogP contribution in [-0.2, 0) is 6.42 Å². The van der Waals surface area contributed by atoms with Gasteiger partial charge in [-0.25, -0.2) is 8.78 Å². The van der Waals surface area contributed by atoms with Crippen LogP contribution in [0.5, 0.6) is 11.5 Å². The maximum absolute atomic E-state index is 13.8. The van der Waals surface area contributed by atoms with Crippen LogP contribution in [0.4, 0.5) is 14.5 Å². The molecule has 4 nitrogen and oxygen atoms in total. The lowest BCUT2D eigenvalue weighted by Crippen LogP contribution is -2.30. The van der Waals surface area contributed by atoms with Crippen LogP contribution in [0, 0.1) is 11.6 Å². The minimum absolute atomic E-state index is 0.0880. The molecule has 0 saturated carbocycles. The van der Waals surface area contributed by atoms with Crippen molar-refractivity contribution in [1.82, 2.24) is 5.32 Å². The number of halogens is 3. The highest BCUT2D eigenvalue weighted by Crippen LogP contribution is 2.28. The van der Waals surface area contributed by atoms with Crippen molar-refractivity contribution >= 4 is 38.9 Å². The summed E-state index contributed by atoms with van der Waals surface area (Å²) in [5, 5.41) is 5.94. The summed E-state index contributed by atoms with van der Waals surface area (Å²) in [6.07, 6.45) is 0.676. The third kappa shape index (κ3) is 5.27. The Morgan fingerprint density at radius 1 is 1.12 bits per heavy atom. The van der Waals surface area contributed by atoms with E-state index >= 15 is 0 Å². The number of ether oxygens (including phenoxy) is 2. The summed E-state index contributed by atoms with van der Waals surface area (Å²) in [5.41, 5.74) is 1.12. The fourth-order valence-electron chi connectivity index (χ4n) is 2.18. The molecule has 134 valence electrons. The van der Waals surface area contributed by atoms with E-state index in [0.717, 1.165) is 17.7 Å². The number of benzene rings is 2. The van der Waals surface area contributed by atoms with Gasteiger partial charge in [-0.05, 0) is 58.3 Å². The van der Waals surface area contributed by atoms with Gasteiger partial charge in [-0.1, -0.05) is 6.07 Å². The fraction of sp³-hybridized carbons (Fsp3) is 0.235. The van der Waals surface area contributed by atoms with Gasteiger partial charge in [-0.3, -0.25) is 0 Å². The molecule has 0 radical (unpaired) electrons. The standard InChI is InChI=1S/C17H17BrF2N2O2S/c1-23-14-4-3-10(7-15(14)24-2)5-6-21-17(25)22-16-12(18)8-11(19)9-13(16)20/h3-4,7-9H,5-6H2,1-2H3,(H2,21,22,25). The Morgan fingerprint density at radius 3 is 2.48 bits per heavy atom. The molecule has 0 aromatic heterocycles. The average Bonchev–Trinajstić information content (AvgIpc) is 2.58. The number of methoxy groups -OCH3 is 2. The summed E-state index contributed by atoms with van der Waals surface area (Å²) in [7, 11) is 3.16. The molecule has 2 aromatic rings. The monoisotopic (exact) mass is 430 g/mol. The Bertz CT molecular complexity index is 751. The van der Waals surface area contributed by atoms with Gasteiger partial charge in [0.2, 0.25) is 0 Å². The van der Waals surface area contributed by atoms with E-state index in [1.54, 1.807) is 14.2 Å². The summed E-state index contributed by atoms with van der Waals surface area (Å²) >= 11 is 8.25. The summed E-state index contributed by atoms with van der Waals surface area (Å²) < 4.78 is 37.6. The predicted octanol–water partition coefficient (Wildman–Crippen LogP) is 4.27. The first-order chi connectivity index (χ1) is 11.9. The van der Waals surface area contributed by atoms with Gasteiger partial charge < -0.3 is 20.1 Å². The van der Waals surface area contributed by atoms with Crippen molar-refractivity contribution in [1.29, 1.82) is 0 Å². The summed E-state index contributed by atoms with van der Waals surface area (Å²) in [5.74, 6) is -0.0794. The average molecular weight is 431 g/mol. The van der Waals surface area contributed by atoms with Crippen molar-refractivity contribution in [3.8, 4) is 11.5 Å². The van der Waals surface area contributed by atoms with Gasteiger partial charge >= 0.3 is 0 Å². The number of rotatable bonds is 6. The maximum Gasteiger partial charge on any atom is 0.170 e. The number of thiocarbonyl (C=S) groups is 1. The minimum atomic E-state index is -0.726. The second-order valence-electron chi connectivity index (χ2n) is 5.06. The molecule has 0 heterocycles. The third-order valence-corrected chi connectivity index (χ3v) is 4.26.